The summed E-state index contributed by atoms with van der Waals surface area (Å²) in [7, 11) is 1.47. The van der Waals surface area contributed by atoms with Crippen LogP contribution in [0.25, 0.3) is 0 Å². The Morgan fingerprint density at radius 1 is 1.45 bits per heavy atom. The summed E-state index contributed by atoms with van der Waals surface area (Å²) < 4.78 is 1.21. The van der Waals surface area contributed by atoms with Gasteiger partial charge in [0.05, 0.1) is 9.82 Å². The molecule has 0 bridgehead atoms. The molecule has 1 aromatic carbocycles. The fraction of sp³-hybridized carbons (Fsp3) is 0.100. The molecule has 2 aromatic rings. The Morgan fingerprint density at radius 2 is 2.15 bits per heavy atom. The minimum absolute atomic E-state index is 0.00873. The zero-order chi connectivity index (χ0) is 14.9. The SMILES string of the molecule is Cn1[nH]c(=O)c(=O)nc1Sc1cccc(N)c1[N+](=O)[O-]. The van der Waals surface area contributed by atoms with Gasteiger partial charge < -0.3 is 5.73 Å². The number of hydrogen-bond donors (Lipinski definition) is 2. The Hall–Kier alpha value is -2.62. The maximum Gasteiger partial charge on any atom is 0.339 e. The van der Waals surface area contributed by atoms with Gasteiger partial charge in [-0.25, -0.2) is 0 Å². The average molecular weight is 295 g/mol. The van der Waals surface area contributed by atoms with Crippen molar-refractivity contribution in [3.05, 3.63) is 49.0 Å². The van der Waals surface area contributed by atoms with Crippen LogP contribution in [0.15, 0.2) is 37.8 Å². The third-order valence-corrected chi connectivity index (χ3v) is 3.46. The van der Waals surface area contributed by atoms with Gasteiger partial charge in [-0.15, -0.1) is 0 Å². The third kappa shape index (κ3) is 2.54. The average Bonchev–Trinajstić information content (AvgIpc) is 2.35. The number of benzene rings is 1. The number of aromatic amines is 1. The Bertz CT molecular complexity index is 797. The summed E-state index contributed by atoms with van der Waals surface area (Å²) >= 11 is 0.866. The normalized spacial score (nSPS) is 10.4. The van der Waals surface area contributed by atoms with Crippen LogP contribution < -0.4 is 16.9 Å². The van der Waals surface area contributed by atoms with E-state index in [1.807, 2.05) is 0 Å². The van der Waals surface area contributed by atoms with Gasteiger partial charge in [-0.3, -0.25) is 29.5 Å². The fourth-order valence-electron chi connectivity index (χ4n) is 1.47. The van der Waals surface area contributed by atoms with E-state index in [9.17, 15) is 19.7 Å². The topological polar surface area (TPSA) is 137 Å². The lowest BCUT2D eigenvalue weighted by molar-refractivity contribution is -0.386. The molecule has 0 aliphatic heterocycles. The van der Waals surface area contributed by atoms with Crippen molar-refractivity contribution in [2.75, 3.05) is 5.73 Å². The van der Waals surface area contributed by atoms with Gasteiger partial charge >= 0.3 is 16.8 Å². The predicted octanol–water partition coefficient (Wildman–Crippen LogP) is 0.110. The number of nitrogens with two attached hydrogens (primary N) is 1. The molecule has 2 rings (SSSR count). The van der Waals surface area contributed by atoms with E-state index in [1.54, 1.807) is 6.07 Å². The summed E-state index contributed by atoms with van der Waals surface area (Å²) in [5.41, 5.74) is 3.49. The van der Waals surface area contributed by atoms with Crippen molar-refractivity contribution in [2.45, 2.75) is 10.1 Å². The summed E-state index contributed by atoms with van der Waals surface area (Å²) in [6.07, 6.45) is 0. The molecule has 0 unspecified atom stereocenters. The summed E-state index contributed by atoms with van der Waals surface area (Å²) in [5, 5.41) is 13.4. The Balaban J connectivity index is 2.54. The molecule has 104 valence electrons. The molecule has 0 amide bonds. The summed E-state index contributed by atoms with van der Waals surface area (Å²) in [4.78, 5) is 36.5. The summed E-state index contributed by atoms with van der Waals surface area (Å²) in [6, 6.07) is 4.44. The smallest absolute Gasteiger partial charge is 0.339 e. The van der Waals surface area contributed by atoms with Crippen LogP contribution in [0.2, 0.25) is 0 Å². The lowest BCUT2D eigenvalue weighted by Gasteiger charge is -2.07. The number of H-pyrrole nitrogens is 1. The van der Waals surface area contributed by atoms with E-state index in [2.05, 4.69) is 10.1 Å². The fourth-order valence-corrected chi connectivity index (χ4v) is 2.41. The highest BCUT2D eigenvalue weighted by Crippen LogP contribution is 2.36. The van der Waals surface area contributed by atoms with Crippen LogP contribution >= 0.6 is 11.8 Å². The first-order valence-electron chi connectivity index (χ1n) is 5.28. The number of aromatic nitrogens is 3. The molecule has 0 atom stereocenters. The number of para-hydroxylation sites is 1. The number of nitro benzene ring substituents is 1. The molecule has 0 spiro atoms. The second-order valence-corrected chi connectivity index (χ2v) is 4.76. The molecule has 10 heteroatoms. The van der Waals surface area contributed by atoms with Crippen LogP contribution in [0.4, 0.5) is 11.4 Å². The maximum absolute atomic E-state index is 11.2. The summed E-state index contributed by atoms with van der Waals surface area (Å²) in [5.74, 6) is 0. The van der Waals surface area contributed by atoms with Crippen molar-refractivity contribution in [3.63, 3.8) is 0 Å². The third-order valence-electron chi connectivity index (χ3n) is 2.36. The minimum Gasteiger partial charge on any atom is -0.393 e. The van der Waals surface area contributed by atoms with E-state index in [4.69, 9.17) is 5.73 Å². The lowest BCUT2D eigenvalue weighted by Crippen LogP contribution is -2.33. The van der Waals surface area contributed by atoms with E-state index < -0.39 is 16.0 Å². The van der Waals surface area contributed by atoms with Crippen molar-refractivity contribution in [1.29, 1.82) is 0 Å². The van der Waals surface area contributed by atoms with E-state index in [-0.39, 0.29) is 21.4 Å². The molecule has 20 heavy (non-hydrogen) atoms. The van der Waals surface area contributed by atoms with Crippen LogP contribution in [0.3, 0.4) is 0 Å². The second kappa shape index (κ2) is 5.17. The molecular weight excluding hydrogens is 286 g/mol. The molecule has 0 aliphatic carbocycles. The highest BCUT2D eigenvalue weighted by molar-refractivity contribution is 7.99. The van der Waals surface area contributed by atoms with Crippen molar-refractivity contribution >= 4 is 23.1 Å². The van der Waals surface area contributed by atoms with Crippen LogP contribution in [0.5, 0.6) is 0 Å². The first-order valence-corrected chi connectivity index (χ1v) is 6.10. The molecule has 9 nitrogen and oxygen atoms in total. The molecule has 0 saturated carbocycles. The highest BCUT2D eigenvalue weighted by atomic mass is 32.2. The number of nitrogens with zero attached hydrogens (tertiary/aromatic N) is 3. The van der Waals surface area contributed by atoms with Gasteiger partial charge in [-0.2, -0.15) is 4.98 Å². The second-order valence-electron chi connectivity index (χ2n) is 3.75. The first kappa shape index (κ1) is 13.8. The van der Waals surface area contributed by atoms with Crippen molar-refractivity contribution in [1.82, 2.24) is 14.8 Å². The van der Waals surface area contributed by atoms with Gasteiger partial charge in [0.25, 0.3) is 0 Å². The quantitative estimate of drug-likeness (QED) is 0.355. The Kier molecular flexibility index (Phi) is 3.57. The van der Waals surface area contributed by atoms with E-state index in [0.29, 0.717) is 0 Å². The number of rotatable bonds is 3. The van der Waals surface area contributed by atoms with Crippen LogP contribution in [0, 0.1) is 10.1 Å². The Morgan fingerprint density at radius 3 is 2.80 bits per heavy atom. The number of aryl methyl sites for hydroxylation is 1. The highest BCUT2D eigenvalue weighted by Gasteiger charge is 2.20. The van der Waals surface area contributed by atoms with Crippen LogP contribution in [0.1, 0.15) is 0 Å². The monoisotopic (exact) mass is 295 g/mol. The van der Waals surface area contributed by atoms with E-state index in [0.717, 1.165) is 11.8 Å². The first-order chi connectivity index (χ1) is 9.40. The number of anilines is 1. The predicted molar refractivity (Wildman–Crippen MR) is 71.7 cm³/mol. The molecule has 0 aliphatic rings. The standard InChI is InChI=1S/C10H9N5O4S/c1-14-10(12-8(16)9(17)13-14)20-6-4-2-3-5(11)7(6)15(18)19/h2-4H,11H2,1H3,(H,13,17). The largest absolute Gasteiger partial charge is 0.393 e. The van der Waals surface area contributed by atoms with E-state index >= 15 is 0 Å². The van der Waals surface area contributed by atoms with Crippen molar-refractivity contribution < 1.29 is 4.92 Å². The van der Waals surface area contributed by atoms with Gasteiger partial charge in [0.15, 0.2) is 5.16 Å². The zero-order valence-electron chi connectivity index (χ0n) is 10.2. The van der Waals surface area contributed by atoms with Crippen molar-refractivity contribution in [3.8, 4) is 0 Å². The van der Waals surface area contributed by atoms with Gasteiger partial charge in [0.1, 0.15) is 5.69 Å². The number of nitro groups is 1. The molecule has 1 heterocycles. The maximum atomic E-state index is 11.2. The number of nitrogen functional groups attached to an aromatic ring is 1. The summed E-state index contributed by atoms with van der Waals surface area (Å²) in [6.45, 7) is 0. The molecule has 0 fully saturated rings. The van der Waals surface area contributed by atoms with Gasteiger partial charge in [-0.1, -0.05) is 6.07 Å². The minimum atomic E-state index is -0.961. The van der Waals surface area contributed by atoms with E-state index in [1.165, 1.54) is 23.9 Å². The Labute approximate surface area is 115 Å². The molecular formula is C10H9N5O4S. The molecule has 1 aromatic heterocycles. The zero-order valence-corrected chi connectivity index (χ0v) is 11.0. The van der Waals surface area contributed by atoms with Gasteiger partial charge in [-0.05, 0) is 23.9 Å². The molecule has 3 N–H and O–H groups in total. The van der Waals surface area contributed by atoms with Gasteiger partial charge in [0, 0.05) is 7.05 Å². The molecule has 0 saturated heterocycles. The lowest BCUT2D eigenvalue weighted by atomic mass is 10.3. The number of nitrogens with one attached hydrogen (secondary N) is 1. The van der Waals surface area contributed by atoms with Crippen LogP contribution in [-0.4, -0.2) is 19.7 Å². The van der Waals surface area contributed by atoms with Gasteiger partial charge in [0.2, 0.25) is 0 Å². The van der Waals surface area contributed by atoms with Crippen LogP contribution in [-0.2, 0) is 7.05 Å². The van der Waals surface area contributed by atoms with Crippen molar-refractivity contribution in [2.24, 2.45) is 7.05 Å². The number of hydrogen-bond acceptors (Lipinski definition) is 7. The molecule has 0 radical (unpaired) electrons.